The molecule has 0 aliphatic heterocycles. The lowest BCUT2D eigenvalue weighted by Crippen LogP contribution is -2.31. The van der Waals surface area contributed by atoms with Gasteiger partial charge >= 0.3 is 0 Å². The molecule has 0 aromatic carbocycles. The van der Waals surface area contributed by atoms with Crippen molar-refractivity contribution in [2.75, 3.05) is 13.2 Å². The van der Waals surface area contributed by atoms with Crippen LogP contribution in [-0.4, -0.2) is 26.7 Å². The van der Waals surface area contributed by atoms with Crippen LogP contribution >= 0.6 is 38.9 Å². The second-order valence-corrected chi connectivity index (χ2v) is 9.44. The zero-order chi connectivity index (χ0) is 14.0. The van der Waals surface area contributed by atoms with Crippen molar-refractivity contribution < 1.29 is 13.5 Å². The summed E-state index contributed by atoms with van der Waals surface area (Å²) >= 11 is 10.1. The van der Waals surface area contributed by atoms with Gasteiger partial charge in [0.2, 0.25) is 10.0 Å². The van der Waals surface area contributed by atoms with Crippen LogP contribution in [0.2, 0.25) is 5.02 Å². The van der Waals surface area contributed by atoms with E-state index in [9.17, 15) is 13.5 Å². The van der Waals surface area contributed by atoms with E-state index in [0.29, 0.717) is 15.4 Å². The Morgan fingerprint density at radius 2 is 2.16 bits per heavy atom. The number of hydrogen-bond acceptors (Lipinski definition) is 4. The molecule has 2 unspecified atom stereocenters. The Hall–Kier alpha value is 0.340. The summed E-state index contributed by atoms with van der Waals surface area (Å²) in [5.74, 6) is 0.431. The van der Waals surface area contributed by atoms with E-state index in [1.54, 1.807) is 0 Å². The van der Waals surface area contributed by atoms with Crippen molar-refractivity contribution in [3.8, 4) is 0 Å². The largest absolute Gasteiger partial charge is 0.396 e. The molecule has 1 heterocycles. The smallest absolute Gasteiger partial charge is 0.250 e. The first-order valence-electron chi connectivity index (χ1n) is 5.99. The van der Waals surface area contributed by atoms with Gasteiger partial charge < -0.3 is 5.11 Å². The molecule has 1 aliphatic carbocycles. The van der Waals surface area contributed by atoms with Gasteiger partial charge in [-0.1, -0.05) is 18.0 Å². The van der Waals surface area contributed by atoms with Gasteiger partial charge in [0.25, 0.3) is 0 Å². The number of halogens is 2. The second kappa shape index (κ2) is 6.41. The summed E-state index contributed by atoms with van der Waals surface area (Å²) < 4.78 is 27.7. The fourth-order valence-corrected chi connectivity index (χ4v) is 5.91. The quantitative estimate of drug-likeness (QED) is 0.815. The topological polar surface area (TPSA) is 66.4 Å². The molecule has 1 aliphatic rings. The molecule has 2 atom stereocenters. The summed E-state index contributed by atoms with van der Waals surface area (Å²) in [6, 6.07) is 1.44. The minimum atomic E-state index is -3.51. The van der Waals surface area contributed by atoms with E-state index in [1.807, 2.05) is 0 Å². The standard InChI is InChI=1S/C11H15BrClNO3S2/c12-11-9(13)4-10(18-11)19(16,17)14-5-7-2-1-3-8(7)6-15/h4,7-8,14-15H,1-3,5-6H2. The van der Waals surface area contributed by atoms with E-state index in [2.05, 4.69) is 20.7 Å². The average Bonchev–Trinajstić information content (AvgIpc) is 2.94. The van der Waals surface area contributed by atoms with Crippen LogP contribution in [0.15, 0.2) is 14.1 Å². The Labute approximate surface area is 130 Å². The van der Waals surface area contributed by atoms with Gasteiger partial charge in [-0.15, -0.1) is 11.3 Å². The van der Waals surface area contributed by atoms with E-state index in [-0.39, 0.29) is 22.7 Å². The molecular formula is C11H15BrClNO3S2. The van der Waals surface area contributed by atoms with E-state index in [1.165, 1.54) is 6.07 Å². The molecule has 1 fully saturated rings. The Morgan fingerprint density at radius 1 is 1.47 bits per heavy atom. The summed E-state index contributed by atoms with van der Waals surface area (Å²) in [5.41, 5.74) is 0. The van der Waals surface area contributed by atoms with Crippen LogP contribution in [-0.2, 0) is 10.0 Å². The molecule has 1 aromatic heterocycles. The molecule has 0 amide bonds. The maximum atomic E-state index is 12.1. The summed E-state index contributed by atoms with van der Waals surface area (Å²) in [4.78, 5) is 0. The fraction of sp³-hybridized carbons (Fsp3) is 0.636. The van der Waals surface area contributed by atoms with Crippen LogP contribution in [0.25, 0.3) is 0 Å². The Balaban J connectivity index is 2.02. The third-order valence-electron chi connectivity index (χ3n) is 3.47. The lowest BCUT2D eigenvalue weighted by Gasteiger charge is -2.17. The van der Waals surface area contributed by atoms with Gasteiger partial charge in [0.05, 0.1) is 8.81 Å². The SMILES string of the molecule is O=S(=O)(NCC1CCCC1CO)c1cc(Cl)c(Br)s1. The van der Waals surface area contributed by atoms with Gasteiger partial charge in [-0.05, 0) is 46.7 Å². The Bertz CT molecular complexity index is 527. The summed E-state index contributed by atoms with van der Waals surface area (Å²) in [6.45, 7) is 0.503. The summed E-state index contributed by atoms with van der Waals surface area (Å²) in [7, 11) is -3.51. The number of nitrogens with one attached hydrogen (secondary N) is 1. The molecule has 1 aromatic rings. The first-order valence-corrected chi connectivity index (χ1v) is 9.46. The van der Waals surface area contributed by atoms with Crippen molar-refractivity contribution in [2.24, 2.45) is 11.8 Å². The number of aliphatic hydroxyl groups excluding tert-OH is 1. The normalized spacial score (nSPS) is 23.9. The third kappa shape index (κ3) is 3.71. The number of thiophene rings is 1. The molecule has 0 bridgehead atoms. The number of rotatable bonds is 5. The first-order chi connectivity index (χ1) is 8.94. The van der Waals surface area contributed by atoms with Crippen molar-refractivity contribution in [1.29, 1.82) is 0 Å². The van der Waals surface area contributed by atoms with Gasteiger partial charge in [-0.25, -0.2) is 13.1 Å². The molecule has 2 N–H and O–H groups in total. The summed E-state index contributed by atoms with van der Waals surface area (Å²) in [6.07, 6.45) is 2.98. The molecule has 2 rings (SSSR count). The van der Waals surface area contributed by atoms with E-state index in [0.717, 1.165) is 30.6 Å². The highest BCUT2D eigenvalue weighted by atomic mass is 79.9. The van der Waals surface area contributed by atoms with Crippen LogP contribution < -0.4 is 4.72 Å². The summed E-state index contributed by atoms with van der Waals surface area (Å²) in [5, 5.41) is 9.63. The van der Waals surface area contributed by atoms with Crippen molar-refractivity contribution >= 4 is 48.9 Å². The van der Waals surface area contributed by atoms with Crippen molar-refractivity contribution in [1.82, 2.24) is 4.72 Å². The molecule has 0 saturated heterocycles. The van der Waals surface area contributed by atoms with Crippen LogP contribution in [0.3, 0.4) is 0 Å². The molecular weight excluding hydrogens is 374 g/mol. The molecule has 8 heteroatoms. The zero-order valence-corrected chi connectivity index (χ0v) is 14.1. The van der Waals surface area contributed by atoms with Crippen LogP contribution in [0, 0.1) is 11.8 Å². The zero-order valence-electron chi connectivity index (χ0n) is 10.1. The van der Waals surface area contributed by atoms with Gasteiger partial charge in [-0.2, -0.15) is 0 Å². The number of sulfonamides is 1. The van der Waals surface area contributed by atoms with Crippen LogP contribution in [0.4, 0.5) is 0 Å². The maximum Gasteiger partial charge on any atom is 0.250 e. The average molecular weight is 389 g/mol. The predicted molar refractivity (Wildman–Crippen MR) is 80.1 cm³/mol. The Morgan fingerprint density at radius 3 is 2.74 bits per heavy atom. The monoisotopic (exact) mass is 387 g/mol. The highest BCUT2D eigenvalue weighted by molar-refractivity contribution is 9.11. The molecule has 0 radical (unpaired) electrons. The van der Waals surface area contributed by atoms with Gasteiger partial charge in [-0.3, -0.25) is 0 Å². The lowest BCUT2D eigenvalue weighted by molar-refractivity contribution is 0.195. The Kier molecular flexibility index (Phi) is 5.30. The molecule has 108 valence electrons. The van der Waals surface area contributed by atoms with Gasteiger partial charge in [0.15, 0.2) is 0 Å². The second-order valence-electron chi connectivity index (χ2n) is 4.67. The highest BCUT2D eigenvalue weighted by Crippen LogP contribution is 2.35. The lowest BCUT2D eigenvalue weighted by atomic mass is 9.97. The molecule has 4 nitrogen and oxygen atoms in total. The third-order valence-corrected chi connectivity index (χ3v) is 7.85. The van der Waals surface area contributed by atoms with Crippen molar-refractivity contribution in [2.45, 2.75) is 23.5 Å². The maximum absolute atomic E-state index is 12.1. The molecule has 0 spiro atoms. The van der Waals surface area contributed by atoms with Gasteiger partial charge in [0, 0.05) is 13.2 Å². The van der Waals surface area contributed by atoms with E-state index in [4.69, 9.17) is 11.6 Å². The molecule has 1 saturated carbocycles. The van der Waals surface area contributed by atoms with Gasteiger partial charge in [0.1, 0.15) is 4.21 Å². The minimum absolute atomic E-state index is 0.128. The predicted octanol–water partition coefficient (Wildman–Crippen LogP) is 2.85. The fourth-order valence-electron chi connectivity index (χ4n) is 2.37. The van der Waals surface area contributed by atoms with E-state index >= 15 is 0 Å². The molecule has 19 heavy (non-hydrogen) atoms. The minimum Gasteiger partial charge on any atom is -0.396 e. The van der Waals surface area contributed by atoms with Crippen LogP contribution in [0.5, 0.6) is 0 Å². The van der Waals surface area contributed by atoms with E-state index < -0.39 is 10.0 Å². The number of aliphatic hydroxyl groups is 1. The highest BCUT2D eigenvalue weighted by Gasteiger charge is 2.28. The van der Waals surface area contributed by atoms with Crippen molar-refractivity contribution in [3.05, 3.63) is 14.9 Å². The number of hydrogen-bond donors (Lipinski definition) is 2. The van der Waals surface area contributed by atoms with Crippen molar-refractivity contribution in [3.63, 3.8) is 0 Å². The van der Waals surface area contributed by atoms with Crippen LogP contribution in [0.1, 0.15) is 19.3 Å². The first kappa shape index (κ1) is 15.7.